The highest BCUT2D eigenvalue weighted by molar-refractivity contribution is 7.80. The summed E-state index contributed by atoms with van der Waals surface area (Å²) >= 11 is 4.89. The third-order valence-electron chi connectivity index (χ3n) is 3.34. The molecule has 0 saturated carbocycles. The molecule has 0 spiro atoms. The van der Waals surface area contributed by atoms with E-state index in [1.807, 2.05) is 19.1 Å². The summed E-state index contributed by atoms with van der Waals surface area (Å²) in [5.41, 5.74) is 4.88. The Morgan fingerprint density at radius 1 is 1.11 bits per heavy atom. The smallest absolute Gasteiger partial charge is 0.282 e. The number of amides is 2. The summed E-state index contributed by atoms with van der Waals surface area (Å²) in [4.78, 5) is 34.1. The summed E-state index contributed by atoms with van der Waals surface area (Å²) in [6.45, 7) is 1.57. The number of benzene rings is 2. The fourth-order valence-corrected chi connectivity index (χ4v) is 2.23. The van der Waals surface area contributed by atoms with E-state index in [0.29, 0.717) is 5.75 Å². The van der Waals surface area contributed by atoms with Gasteiger partial charge in [-0.3, -0.25) is 35.9 Å². The van der Waals surface area contributed by atoms with E-state index in [1.165, 1.54) is 24.3 Å². The van der Waals surface area contributed by atoms with Crippen LogP contribution in [-0.4, -0.2) is 28.5 Å². The van der Waals surface area contributed by atoms with Crippen LogP contribution in [0.1, 0.15) is 15.9 Å². The Labute approximate surface area is 159 Å². The van der Waals surface area contributed by atoms with Crippen molar-refractivity contribution in [2.75, 3.05) is 6.61 Å². The molecule has 0 bridgehead atoms. The molecule has 0 fully saturated rings. The van der Waals surface area contributed by atoms with Gasteiger partial charge in [0.2, 0.25) is 0 Å². The van der Waals surface area contributed by atoms with E-state index in [-0.39, 0.29) is 23.0 Å². The van der Waals surface area contributed by atoms with Crippen LogP contribution in [0, 0.1) is 17.0 Å². The first kappa shape index (κ1) is 19.8. The molecule has 0 unspecified atom stereocenters. The average Bonchev–Trinajstić information content (AvgIpc) is 2.65. The van der Waals surface area contributed by atoms with Crippen molar-refractivity contribution in [3.63, 3.8) is 0 Å². The first-order chi connectivity index (χ1) is 12.9. The van der Waals surface area contributed by atoms with Crippen molar-refractivity contribution in [1.29, 1.82) is 0 Å². The van der Waals surface area contributed by atoms with Gasteiger partial charge in [0.05, 0.1) is 4.92 Å². The highest BCUT2D eigenvalue weighted by Crippen LogP contribution is 2.17. The fourth-order valence-electron chi connectivity index (χ4n) is 2.06. The van der Waals surface area contributed by atoms with Gasteiger partial charge in [0, 0.05) is 6.07 Å². The maximum absolute atomic E-state index is 12.0. The number of hydrazine groups is 1. The molecule has 0 aromatic heterocycles. The van der Waals surface area contributed by atoms with E-state index in [2.05, 4.69) is 16.2 Å². The Bertz CT molecular complexity index is 887. The molecule has 0 radical (unpaired) electrons. The minimum Gasteiger partial charge on any atom is -0.483 e. The first-order valence-corrected chi connectivity index (χ1v) is 8.11. The van der Waals surface area contributed by atoms with Gasteiger partial charge >= 0.3 is 0 Å². The number of nitro benzene ring substituents is 1. The van der Waals surface area contributed by atoms with Crippen LogP contribution in [0.15, 0.2) is 48.5 Å². The Kier molecular flexibility index (Phi) is 6.78. The van der Waals surface area contributed by atoms with Crippen molar-refractivity contribution in [3.8, 4) is 5.75 Å². The van der Waals surface area contributed by atoms with Crippen LogP contribution in [-0.2, 0) is 4.79 Å². The highest BCUT2D eigenvalue weighted by atomic mass is 32.1. The van der Waals surface area contributed by atoms with Crippen LogP contribution in [0.2, 0.25) is 0 Å². The number of rotatable bonds is 5. The second kappa shape index (κ2) is 9.25. The molecule has 0 heterocycles. The van der Waals surface area contributed by atoms with Crippen molar-refractivity contribution < 1.29 is 19.2 Å². The van der Waals surface area contributed by atoms with E-state index in [1.54, 1.807) is 12.1 Å². The number of hydrogen-bond donors (Lipinski definition) is 3. The van der Waals surface area contributed by atoms with Gasteiger partial charge in [-0.1, -0.05) is 30.3 Å². The molecule has 27 heavy (non-hydrogen) atoms. The quantitative estimate of drug-likeness (QED) is 0.404. The molecule has 0 atom stereocenters. The molecular weight excluding hydrogens is 372 g/mol. The van der Waals surface area contributed by atoms with Crippen molar-refractivity contribution in [3.05, 3.63) is 69.8 Å². The summed E-state index contributed by atoms with van der Waals surface area (Å²) in [5.74, 6) is -0.734. The maximum Gasteiger partial charge on any atom is 0.282 e. The first-order valence-electron chi connectivity index (χ1n) is 7.70. The van der Waals surface area contributed by atoms with Gasteiger partial charge in [-0.05, 0) is 36.8 Å². The Hall–Kier alpha value is -3.53. The standard InChI is InChI=1S/C17H16N4O5S/c1-11-6-2-5-9-14(11)26-10-15(22)18-17(27)20-19-16(23)12-7-3-4-8-13(12)21(24)25/h2-9H,10H2,1H3,(H,19,23)(H2,18,20,22,27). The maximum atomic E-state index is 12.0. The highest BCUT2D eigenvalue weighted by Gasteiger charge is 2.19. The number of hydrogen-bond acceptors (Lipinski definition) is 6. The van der Waals surface area contributed by atoms with Crippen molar-refractivity contribution in [1.82, 2.24) is 16.2 Å². The van der Waals surface area contributed by atoms with Crippen molar-refractivity contribution >= 4 is 34.8 Å². The number of aryl methyl sites for hydroxylation is 1. The zero-order valence-corrected chi connectivity index (χ0v) is 15.0. The number of carbonyl (C=O) groups is 2. The number of thiocarbonyl (C=S) groups is 1. The van der Waals surface area contributed by atoms with Gasteiger partial charge in [-0.2, -0.15) is 0 Å². The molecular formula is C17H16N4O5S. The summed E-state index contributed by atoms with van der Waals surface area (Å²) in [7, 11) is 0. The molecule has 140 valence electrons. The Morgan fingerprint density at radius 2 is 1.78 bits per heavy atom. The third kappa shape index (κ3) is 5.75. The van der Waals surface area contributed by atoms with Crippen molar-refractivity contribution in [2.45, 2.75) is 6.92 Å². The monoisotopic (exact) mass is 388 g/mol. The lowest BCUT2D eigenvalue weighted by Crippen LogP contribution is -2.49. The van der Waals surface area contributed by atoms with Gasteiger partial charge in [0.15, 0.2) is 11.7 Å². The molecule has 2 aromatic carbocycles. The zero-order chi connectivity index (χ0) is 19.8. The summed E-state index contributed by atoms with van der Waals surface area (Å²) in [5, 5.41) is 13.1. The van der Waals surface area contributed by atoms with Crippen LogP contribution < -0.4 is 20.9 Å². The fraction of sp³-hybridized carbons (Fsp3) is 0.118. The zero-order valence-electron chi connectivity index (χ0n) is 14.2. The molecule has 3 N–H and O–H groups in total. The van der Waals surface area contributed by atoms with E-state index in [4.69, 9.17) is 17.0 Å². The molecule has 2 aromatic rings. The number of nitrogens with one attached hydrogen (secondary N) is 3. The van der Waals surface area contributed by atoms with Gasteiger partial charge in [0.25, 0.3) is 17.5 Å². The number of para-hydroxylation sites is 2. The third-order valence-corrected chi connectivity index (χ3v) is 3.54. The van der Waals surface area contributed by atoms with Crippen LogP contribution in [0.5, 0.6) is 5.75 Å². The van der Waals surface area contributed by atoms with Crippen LogP contribution in [0.3, 0.4) is 0 Å². The number of nitro groups is 1. The van der Waals surface area contributed by atoms with E-state index in [0.717, 1.165) is 5.56 Å². The van der Waals surface area contributed by atoms with Crippen LogP contribution in [0.4, 0.5) is 5.69 Å². The van der Waals surface area contributed by atoms with Crippen molar-refractivity contribution in [2.24, 2.45) is 0 Å². The molecule has 2 rings (SSSR count). The van der Waals surface area contributed by atoms with E-state index in [9.17, 15) is 19.7 Å². The summed E-state index contributed by atoms with van der Waals surface area (Å²) in [6, 6.07) is 12.6. The van der Waals surface area contributed by atoms with Gasteiger partial charge in [0.1, 0.15) is 11.3 Å². The van der Waals surface area contributed by atoms with Crippen LogP contribution in [0.25, 0.3) is 0 Å². The predicted molar refractivity (Wildman–Crippen MR) is 101 cm³/mol. The summed E-state index contributed by atoms with van der Waals surface area (Å²) < 4.78 is 5.37. The van der Waals surface area contributed by atoms with Gasteiger partial charge in [-0.15, -0.1) is 0 Å². The van der Waals surface area contributed by atoms with Gasteiger partial charge < -0.3 is 4.74 Å². The van der Waals surface area contributed by atoms with E-state index < -0.39 is 16.7 Å². The van der Waals surface area contributed by atoms with Gasteiger partial charge in [-0.25, -0.2) is 0 Å². The molecule has 0 aliphatic heterocycles. The molecule has 0 aliphatic rings. The normalized spacial score (nSPS) is 9.81. The SMILES string of the molecule is Cc1ccccc1OCC(=O)NC(=S)NNC(=O)c1ccccc1[N+](=O)[O-]. The lowest BCUT2D eigenvalue weighted by atomic mass is 10.2. The molecule has 2 amide bonds. The number of carbonyl (C=O) groups excluding carboxylic acids is 2. The molecule has 10 heteroatoms. The number of nitrogens with zero attached hydrogens (tertiary/aromatic N) is 1. The van der Waals surface area contributed by atoms with E-state index >= 15 is 0 Å². The number of ether oxygens (including phenoxy) is 1. The molecule has 0 aliphatic carbocycles. The second-order valence-corrected chi connectivity index (χ2v) is 5.69. The molecule has 0 saturated heterocycles. The molecule has 9 nitrogen and oxygen atoms in total. The second-order valence-electron chi connectivity index (χ2n) is 5.28. The minimum absolute atomic E-state index is 0.146. The lowest BCUT2D eigenvalue weighted by molar-refractivity contribution is -0.385. The Morgan fingerprint density at radius 3 is 2.48 bits per heavy atom. The minimum atomic E-state index is -0.768. The topological polar surface area (TPSA) is 123 Å². The predicted octanol–water partition coefficient (Wildman–Crippen LogP) is 1.62. The summed E-state index contributed by atoms with van der Waals surface area (Å²) in [6.07, 6.45) is 0. The Balaban J connectivity index is 1.82. The average molecular weight is 388 g/mol. The van der Waals surface area contributed by atoms with Crippen LogP contribution >= 0.6 is 12.2 Å². The largest absolute Gasteiger partial charge is 0.483 e. The lowest BCUT2D eigenvalue weighted by Gasteiger charge is -2.12.